The van der Waals surface area contributed by atoms with Crippen LogP contribution in [0.4, 0.5) is 0 Å². The Labute approximate surface area is 106 Å². The van der Waals surface area contributed by atoms with Crippen LogP contribution >= 0.6 is 0 Å². The molecule has 3 N–H and O–H groups in total. The SMILES string of the molecule is Cc1c(C)c(O)c(-c2ccccc2O)c(O)c1C. The molecule has 0 atom stereocenters. The van der Waals surface area contributed by atoms with Crippen LogP contribution in [0.3, 0.4) is 0 Å². The Morgan fingerprint density at radius 1 is 0.722 bits per heavy atom. The van der Waals surface area contributed by atoms with Gasteiger partial charge >= 0.3 is 0 Å². The van der Waals surface area contributed by atoms with Crippen molar-refractivity contribution in [1.29, 1.82) is 0 Å². The molecule has 0 fully saturated rings. The molecule has 0 saturated carbocycles. The van der Waals surface area contributed by atoms with Crippen LogP contribution in [0.15, 0.2) is 24.3 Å². The fourth-order valence-electron chi connectivity index (χ4n) is 2.06. The molecule has 0 aliphatic heterocycles. The first-order chi connectivity index (χ1) is 8.45. The molecule has 0 radical (unpaired) electrons. The summed E-state index contributed by atoms with van der Waals surface area (Å²) in [5.74, 6) is 0.0555. The highest BCUT2D eigenvalue weighted by Crippen LogP contribution is 2.46. The van der Waals surface area contributed by atoms with E-state index in [1.807, 2.05) is 6.92 Å². The van der Waals surface area contributed by atoms with E-state index in [9.17, 15) is 15.3 Å². The second-order valence-electron chi connectivity index (χ2n) is 4.46. The van der Waals surface area contributed by atoms with E-state index < -0.39 is 0 Å². The van der Waals surface area contributed by atoms with E-state index >= 15 is 0 Å². The lowest BCUT2D eigenvalue weighted by atomic mass is 9.93. The second-order valence-corrected chi connectivity index (χ2v) is 4.46. The molecule has 3 nitrogen and oxygen atoms in total. The lowest BCUT2D eigenvalue weighted by molar-refractivity contribution is 0.444. The van der Waals surface area contributed by atoms with Crippen LogP contribution in [0, 0.1) is 20.8 Å². The molecule has 2 aromatic rings. The van der Waals surface area contributed by atoms with Crippen LogP contribution in [0.2, 0.25) is 0 Å². The van der Waals surface area contributed by atoms with Gasteiger partial charge in [0, 0.05) is 5.56 Å². The predicted octanol–water partition coefficient (Wildman–Crippen LogP) is 3.40. The van der Waals surface area contributed by atoms with Gasteiger partial charge < -0.3 is 15.3 Å². The molecule has 2 aromatic carbocycles. The van der Waals surface area contributed by atoms with Crippen molar-refractivity contribution in [2.75, 3.05) is 0 Å². The molecule has 0 spiro atoms. The summed E-state index contributed by atoms with van der Waals surface area (Å²) >= 11 is 0. The summed E-state index contributed by atoms with van der Waals surface area (Å²) < 4.78 is 0. The van der Waals surface area contributed by atoms with E-state index in [1.165, 1.54) is 6.07 Å². The van der Waals surface area contributed by atoms with Crippen LogP contribution in [0.25, 0.3) is 11.1 Å². The summed E-state index contributed by atoms with van der Waals surface area (Å²) in [7, 11) is 0. The highest BCUT2D eigenvalue weighted by Gasteiger charge is 2.19. The van der Waals surface area contributed by atoms with Crippen LogP contribution in [-0.4, -0.2) is 15.3 Å². The maximum absolute atomic E-state index is 10.2. The van der Waals surface area contributed by atoms with Gasteiger partial charge in [0.15, 0.2) is 0 Å². The third kappa shape index (κ3) is 1.68. The highest BCUT2D eigenvalue weighted by atomic mass is 16.3. The largest absolute Gasteiger partial charge is 0.507 e. The molecule has 0 aliphatic carbocycles. The minimum Gasteiger partial charge on any atom is -0.507 e. The molecule has 3 heteroatoms. The Morgan fingerprint density at radius 2 is 1.22 bits per heavy atom. The summed E-state index contributed by atoms with van der Waals surface area (Å²) in [6, 6.07) is 6.64. The summed E-state index contributed by atoms with van der Waals surface area (Å²) in [5.41, 5.74) is 2.99. The van der Waals surface area contributed by atoms with Crippen LogP contribution in [-0.2, 0) is 0 Å². The van der Waals surface area contributed by atoms with Gasteiger partial charge in [-0.25, -0.2) is 0 Å². The van der Waals surface area contributed by atoms with E-state index in [4.69, 9.17) is 0 Å². The predicted molar refractivity (Wildman–Crippen MR) is 71.1 cm³/mol. The van der Waals surface area contributed by atoms with Gasteiger partial charge in [0.2, 0.25) is 0 Å². The quantitative estimate of drug-likeness (QED) is 0.720. The van der Waals surface area contributed by atoms with Gasteiger partial charge in [0.25, 0.3) is 0 Å². The maximum atomic E-state index is 10.2. The van der Waals surface area contributed by atoms with Gasteiger partial charge in [-0.2, -0.15) is 0 Å². The van der Waals surface area contributed by atoms with Crippen molar-refractivity contribution >= 4 is 0 Å². The highest BCUT2D eigenvalue weighted by molar-refractivity contribution is 5.83. The number of hydrogen-bond donors (Lipinski definition) is 3. The van der Waals surface area contributed by atoms with E-state index in [0.717, 1.165) is 5.56 Å². The Kier molecular flexibility index (Phi) is 2.91. The van der Waals surface area contributed by atoms with Crippen LogP contribution < -0.4 is 0 Å². The number of benzene rings is 2. The lowest BCUT2D eigenvalue weighted by Crippen LogP contribution is -1.93. The first-order valence-corrected chi connectivity index (χ1v) is 5.75. The van der Waals surface area contributed by atoms with Gasteiger partial charge in [-0.15, -0.1) is 0 Å². The van der Waals surface area contributed by atoms with Crippen molar-refractivity contribution in [3.8, 4) is 28.4 Å². The van der Waals surface area contributed by atoms with E-state index in [2.05, 4.69) is 0 Å². The Bertz CT molecular complexity index is 586. The zero-order valence-corrected chi connectivity index (χ0v) is 10.7. The normalized spacial score (nSPS) is 10.6. The average Bonchev–Trinajstić information content (AvgIpc) is 2.36. The monoisotopic (exact) mass is 244 g/mol. The summed E-state index contributed by atoms with van der Waals surface area (Å²) in [6.45, 7) is 5.43. The molecule has 0 amide bonds. The average molecular weight is 244 g/mol. The van der Waals surface area contributed by atoms with Gasteiger partial charge in [0.05, 0.1) is 5.56 Å². The molecule has 0 bridgehead atoms. The van der Waals surface area contributed by atoms with Crippen molar-refractivity contribution in [1.82, 2.24) is 0 Å². The topological polar surface area (TPSA) is 60.7 Å². The number of rotatable bonds is 1. The standard InChI is InChI=1S/C15H16O3/c1-8-9(2)14(17)13(15(18)10(8)3)11-6-4-5-7-12(11)16/h4-7,16-18H,1-3H3. The van der Waals surface area contributed by atoms with Crippen LogP contribution in [0.1, 0.15) is 16.7 Å². The zero-order valence-electron chi connectivity index (χ0n) is 10.7. The second kappa shape index (κ2) is 4.26. The number of para-hydroxylation sites is 1. The van der Waals surface area contributed by atoms with Gasteiger partial charge in [-0.1, -0.05) is 18.2 Å². The molecular weight excluding hydrogens is 228 g/mol. The number of phenolic OH excluding ortho intramolecular Hbond substituents is 3. The Balaban J connectivity index is 2.85. The van der Waals surface area contributed by atoms with Gasteiger partial charge in [0.1, 0.15) is 17.2 Å². The van der Waals surface area contributed by atoms with Gasteiger partial charge in [-0.3, -0.25) is 0 Å². The minimum absolute atomic E-state index is 0.0112. The lowest BCUT2D eigenvalue weighted by Gasteiger charge is -2.16. The Morgan fingerprint density at radius 3 is 1.72 bits per heavy atom. The fourth-order valence-corrected chi connectivity index (χ4v) is 2.06. The minimum atomic E-state index is 0.0112. The maximum Gasteiger partial charge on any atom is 0.130 e. The van der Waals surface area contributed by atoms with Crippen molar-refractivity contribution in [3.63, 3.8) is 0 Å². The fraction of sp³-hybridized carbons (Fsp3) is 0.200. The number of aromatic hydroxyl groups is 3. The summed E-state index contributed by atoms with van der Waals surface area (Å²) in [5, 5.41) is 30.2. The molecule has 0 aliphatic rings. The molecule has 94 valence electrons. The smallest absolute Gasteiger partial charge is 0.130 e. The molecule has 0 saturated heterocycles. The first kappa shape index (κ1) is 12.3. The van der Waals surface area contributed by atoms with Crippen molar-refractivity contribution < 1.29 is 15.3 Å². The van der Waals surface area contributed by atoms with Gasteiger partial charge in [-0.05, 0) is 43.5 Å². The molecule has 2 rings (SSSR count). The summed E-state index contributed by atoms with van der Waals surface area (Å²) in [6.07, 6.45) is 0. The van der Waals surface area contributed by atoms with Crippen molar-refractivity contribution in [3.05, 3.63) is 41.0 Å². The third-order valence-corrected chi connectivity index (χ3v) is 3.48. The van der Waals surface area contributed by atoms with Crippen molar-refractivity contribution in [2.45, 2.75) is 20.8 Å². The van der Waals surface area contributed by atoms with Crippen molar-refractivity contribution in [2.24, 2.45) is 0 Å². The van der Waals surface area contributed by atoms with Crippen LogP contribution in [0.5, 0.6) is 17.2 Å². The number of phenols is 3. The van der Waals surface area contributed by atoms with E-state index in [-0.39, 0.29) is 22.8 Å². The molecule has 18 heavy (non-hydrogen) atoms. The zero-order chi connectivity index (χ0) is 13.4. The molecule has 0 aromatic heterocycles. The molecule has 0 unspecified atom stereocenters. The third-order valence-electron chi connectivity index (χ3n) is 3.48. The Hall–Kier alpha value is -2.16. The van der Waals surface area contributed by atoms with E-state index in [1.54, 1.807) is 32.0 Å². The first-order valence-electron chi connectivity index (χ1n) is 5.75. The number of hydrogen-bond acceptors (Lipinski definition) is 3. The molecular formula is C15H16O3. The van der Waals surface area contributed by atoms with E-state index in [0.29, 0.717) is 16.7 Å². The summed E-state index contributed by atoms with van der Waals surface area (Å²) in [4.78, 5) is 0. The molecule has 0 heterocycles.